The van der Waals surface area contributed by atoms with Gasteiger partial charge in [-0.15, -0.1) is 0 Å². The maximum absolute atomic E-state index is 13.1. The van der Waals surface area contributed by atoms with Gasteiger partial charge >= 0.3 is 0 Å². The summed E-state index contributed by atoms with van der Waals surface area (Å²) in [7, 11) is 0. The molecule has 0 radical (unpaired) electrons. The van der Waals surface area contributed by atoms with Gasteiger partial charge in [0.2, 0.25) is 0 Å². The topological polar surface area (TPSA) is 0 Å². The molecule has 0 saturated heterocycles. The van der Waals surface area contributed by atoms with Crippen LogP contribution in [0.1, 0.15) is 16.7 Å². The van der Waals surface area contributed by atoms with Gasteiger partial charge in [-0.3, -0.25) is 0 Å². The Morgan fingerprint density at radius 3 is 1.74 bits per heavy atom. The molecule has 0 N–H and O–H groups in total. The number of rotatable bonds is 1. The molecule has 112 valence electrons. The molecule has 0 bridgehead atoms. The van der Waals surface area contributed by atoms with Crippen LogP contribution in [0.3, 0.4) is 0 Å². The molecule has 0 aromatic heterocycles. The Balaban J connectivity index is 1.81. The normalized spacial score (nSPS) is 10.0. The van der Waals surface area contributed by atoms with Crippen molar-refractivity contribution < 1.29 is 8.78 Å². The van der Waals surface area contributed by atoms with E-state index in [2.05, 4.69) is 43.0 Å². The van der Waals surface area contributed by atoms with Crippen molar-refractivity contribution in [2.24, 2.45) is 0 Å². The molecular formula is C21H14F2. The predicted octanol–water partition coefficient (Wildman–Crippen LogP) is 5.34. The van der Waals surface area contributed by atoms with E-state index in [-0.39, 0.29) is 0 Å². The van der Waals surface area contributed by atoms with E-state index in [1.54, 1.807) is 0 Å². The fourth-order valence-electron chi connectivity index (χ4n) is 2.21. The quantitative estimate of drug-likeness (QED) is 0.532. The number of benzene rings is 3. The highest BCUT2D eigenvalue weighted by Gasteiger charge is 2.00. The summed E-state index contributed by atoms with van der Waals surface area (Å²) in [4.78, 5) is 0. The Morgan fingerprint density at radius 2 is 1.13 bits per heavy atom. The van der Waals surface area contributed by atoms with Gasteiger partial charge in [-0.1, -0.05) is 53.8 Å². The molecule has 0 atom stereocenters. The second kappa shape index (κ2) is 6.46. The van der Waals surface area contributed by atoms with Gasteiger partial charge in [-0.25, -0.2) is 8.78 Å². The largest absolute Gasteiger partial charge is 0.204 e. The lowest BCUT2D eigenvalue weighted by molar-refractivity contribution is 0.508. The molecule has 0 spiro atoms. The fourth-order valence-corrected chi connectivity index (χ4v) is 2.21. The molecule has 0 fully saturated rings. The third-order valence-corrected chi connectivity index (χ3v) is 3.54. The number of hydrogen-bond acceptors (Lipinski definition) is 0. The van der Waals surface area contributed by atoms with Crippen molar-refractivity contribution in [3.8, 4) is 23.0 Å². The molecule has 0 aliphatic carbocycles. The van der Waals surface area contributed by atoms with Gasteiger partial charge in [0, 0.05) is 11.1 Å². The van der Waals surface area contributed by atoms with Gasteiger partial charge in [-0.2, -0.15) is 0 Å². The van der Waals surface area contributed by atoms with Crippen molar-refractivity contribution in [1.82, 2.24) is 0 Å². The second-order valence-electron chi connectivity index (χ2n) is 5.32. The van der Waals surface area contributed by atoms with E-state index in [1.165, 1.54) is 11.6 Å². The van der Waals surface area contributed by atoms with Crippen molar-refractivity contribution in [2.75, 3.05) is 0 Å². The Labute approximate surface area is 134 Å². The van der Waals surface area contributed by atoms with Crippen molar-refractivity contribution in [2.45, 2.75) is 6.92 Å². The molecule has 3 rings (SSSR count). The molecule has 0 unspecified atom stereocenters. The zero-order valence-corrected chi connectivity index (χ0v) is 12.6. The van der Waals surface area contributed by atoms with Crippen LogP contribution < -0.4 is 0 Å². The summed E-state index contributed by atoms with van der Waals surface area (Å²) in [5.74, 6) is 4.05. The van der Waals surface area contributed by atoms with E-state index in [0.717, 1.165) is 28.8 Å². The molecule has 2 heteroatoms. The molecule has 23 heavy (non-hydrogen) atoms. The molecule has 3 aromatic carbocycles. The highest BCUT2D eigenvalue weighted by molar-refractivity contribution is 5.64. The summed E-state index contributed by atoms with van der Waals surface area (Å²) in [5, 5.41) is 0. The number of hydrogen-bond donors (Lipinski definition) is 0. The lowest BCUT2D eigenvalue weighted by atomic mass is 10.0. The third-order valence-electron chi connectivity index (χ3n) is 3.54. The first-order valence-corrected chi connectivity index (χ1v) is 7.26. The lowest BCUT2D eigenvalue weighted by Crippen LogP contribution is -1.84. The molecular weight excluding hydrogens is 290 g/mol. The van der Waals surface area contributed by atoms with E-state index >= 15 is 0 Å². The summed E-state index contributed by atoms with van der Waals surface area (Å²) in [5.41, 5.74) is 4.76. The van der Waals surface area contributed by atoms with E-state index in [1.807, 2.05) is 24.3 Å². The van der Waals surface area contributed by atoms with E-state index in [0.29, 0.717) is 5.56 Å². The highest BCUT2D eigenvalue weighted by Crippen LogP contribution is 2.20. The Hall–Kier alpha value is -2.92. The molecule has 0 aliphatic heterocycles. The molecule has 3 aromatic rings. The molecule has 0 nitrogen and oxygen atoms in total. The minimum Gasteiger partial charge on any atom is -0.204 e. The lowest BCUT2D eigenvalue weighted by Gasteiger charge is -2.02. The summed E-state index contributed by atoms with van der Waals surface area (Å²) in [6.07, 6.45) is 0. The van der Waals surface area contributed by atoms with Gasteiger partial charge in [0.25, 0.3) is 0 Å². The SMILES string of the molecule is Cc1ccc(-c2ccc(C#Cc3ccc(F)c(F)c3)cc2)cc1. The van der Waals surface area contributed by atoms with Crippen molar-refractivity contribution >= 4 is 0 Å². The first kappa shape index (κ1) is 15.0. The summed E-state index contributed by atoms with van der Waals surface area (Å²) < 4.78 is 26.0. The minimum absolute atomic E-state index is 0.450. The molecule has 0 amide bonds. The van der Waals surface area contributed by atoms with E-state index in [4.69, 9.17) is 0 Å². The maximum Gasteiger partial charge on any atom is 0.160 e. The van der Waals surface area contributed by atoms with Crippen LogP contribution >= 0.6 is 0 Å². The van der Waals surface area contributed by atoms with E-state index in [9.17, 15) is 8.78 Å². The van der Waals surface area contributed by atoms with Crippen LogP contribution in [0.5, 0.6) is 0 Å². The molecule has 0 saturated carbocycles. The van der Waals surface area contributed by atoms with Crippen LogP contribution in [-0.2, 0) is 0 Å². The molecule has 0 heterocycles. The first-order valence-electron chi connectivity index (χ1n) is 7.26. The van der Waals surface area contributed by atoms with Crippen molar-refractivity contribution in [3.63, 3.8) is 0 Å². The standard InChI is InChI=1S/C21H14F2/c1-15-2-9-18(10-3-15)19-11-6-16(7-12-19)4-5-17-8-13-20(22)21(23)14-17/h2-3,6-14H,1H3. The predicted molar refractivity (Wildman–Crippen MR) is 89.0 cm³/mol. The summed E-state index contributed by atoms with van der Waals surface area (Å²) >= 11 is 0. The van der Waals surface area contributed by atoms with Gasteiger partial charge in [0.05, 0.1) is 0 Å². The van der Waals surface area contributed by atoms with Crippen molar-refractivity contribution in [3.05, 3.63) is 95.1 Å². The van der Waals surface area contributed by atoms with Crippen LogP contribution in [0.15, 0.2) is 66.7 Å². The Bertz CT molecular complexity index is 880. The number of aryl methyl sites for hydroxylation is 1. The smallest absolute Gasteiger partial charge is 0.160 e. The van der Waals surface area contributed by atoms with Crippen LogP contribution in [-0.4, -0.2) is 0 Å². The van der Waals surface area contributed by atoms with E-state index < -0.39 is 11.6 Å². The summed E-state index contributed by atoms with van der Waals surface area (Å²) in [6, 6.07) is 19.8. The van der Waals surface area contributed by atoms with Gasteiger partial charge in [0.1, 0.15) is 0 Å². The average Bonchev–Trinajstić information content (AvgIpc) is 2.57. The monoisotopic (exact) mass is 304 g/mol. The minimum atomic E-state index is -0.883. The fraction of sp³-hybridized carbons (Fsp3) is 0.0476. The number of halogens is 2. The highest BCUT2D eigenvalue weighted by atomic mass is 19.2. The van der Waals surface area contributed by atoms with Gasteiger partial charge in [-0.05, 0) is 48.4 Å². The second-order valence-corrected chi connectivity index (χ2v) is 5.32. The zero-order chi connectivity index (χ0) is 16.2. The van der Waals surface area contributed by atoms with Crippen LogP contribution in [0.4, 0.5) is 8.78 Å². The summed E-state index contributed by atoms with van der Waals surface area (Å²) in [6.45, 7) is 2.06. The maximum atomic E-state index is 13.1. The third kappa shape index (κ3) is 3.64. The molecule has 0 aliphatic rings. The van der Waals surface area contributed by atoms with Gasteiger partial charge in [0.15, 0.2) is 11.6 Å². The Kier molecular flexibility index (Phi) is 4.21. The van der Waals surface area contributed by atoms with Crippen molar-refractivity contribution in [1.29, 1.82) is 0 Å². The van der Waals surface area contributed by atoms with Crippen LogP contribution in [0.2, 0.25) is 0 Å². The van der Waals surface area contributed by atoms with Crippen LogP contribution in [0, 0.1) is 30.4 Å². The Morgan fingerprint density at radius 1 is 0.609 bits per heavy atom. The zero-order valence-electron chi connectivity index (χ0n) is 12.6. The van der Waals surface area contributed by atoms with Crippen LogP contribution in [0.25, 0.3) is 11.1 Å². The average molecular weight is 304 g/mol. The first-order chi connectivity index (χ1) is 11.1. The van der Waals surface area contributed by atoms with Gasteiger partial charge < -0.3 is 0 Å².